The third kappa shape index (κ3) is 3.60. The molecule has 0 saturated heterocycles. The molecular formula is C18H28O4. The second kappa shape index (κ2) is 7.61. The van der Waals surface area contributed by atoms with Gasteiger partial charge in [0.15, 0.2) is 0 Å². The van der Waals surface area contributed by atoms with Crippen LogP contribution in [0.25, 0.3) is 0 Å². The van der Waals surface area contributed by atoms with Gasteiger partial charge in [0.05, 0.1) is 23.9 Å². The highest BCUT2D eigenvalue weighted by Gasteiger charge is 2.37. The SMILES string of the molecule is CCOC(=O)C1=C(C(=O)OC(C)C)C(C)C(CC)=C(C)C1C. The van der Waals surface area contributed by atoms with Gasteiger partial charge in [-0.2, -0.15) is 0 Å². The summed E-state index contributed by atoms with van der Waals surface area (Å²) < 4.78 is 10.5. The molecule has 0 aromatic carbocycles. The third-order valence-electron chi connectivity index (χ3n) is 4.27. The Labute approximate surface area is 133 Å². The lowest BCUT2D eigenvalue weighted by Gasteiger charge is -2.32. The van der Waals surface area contributed by atoms with Crippen molar-refractivity contribution in [3.05, 3.63) is 22.3 Å². The normalized spacial score (nSPS) is 22.2. The van der Waals surface area contributed by atoms with Crippen LogP contribution in [-0.2, 0) is 19.1 Å². The summed E-state index contributed by atoms with van der Waals surface area (Å²) in [5.41, 5.74) is 3.27. The van der Waals surface area contributed by atoms with E-state index in [2.05, 4.69) is 6.92 Å². The third-order valence-corrected chi connectivity index (χ3v) is 4.27. The van der Waals surface area contributed by atoms with Crippen molar-refractivity contribution in [2.75, 3.05) is 6.61 Å². The summed E-state index contributed by atoms with van der Waals surface area (Å²) in [6.45, 7) is 13.7. The van der Waals surface area contributed by atoms with Gasteiger partial charge in [-0.15, -0.1) is 0 Å². The fraction of sp³-hybridized carbons (Fsp3) is 0.667. The summed E-state index contributed by atoms with van der Waals surface area (Å²) in [5, 5.41) is 0. The van der Waals surface area contributed by atoms with Gasteiger partial charge in [0.25, 0.3) is 0 Å². The maximum atomic E-state index is 12.5. The van der Waals surface area contributed by atoms with Gasteiger partial charge in [0.2, 0.25) is 0 Å². The zero-order valence-electron chi connectivity index (χ0n) is 14.8. The maximum absolute atomic E-state index is 12.5. The van der Waals surface area contributed by atoms with Crippen molar-refractivity contribution in [3.8, 4) is 0 Å². The molecule has 0 fully saturated rings. The molecule has 0 N–H and O–H groups in total. The fourth-order valence-corrected chi connectivity index (χ4v) is 3.12. The Morgan fingerprint density at radius 2 is 1.59 bits per heavy atom. The standard InChI is InChI=1S/C18H28O4/c1-8-14-11(5)12(6)15(17(19)21-9-2)16(13(14)7)18(20)22-10(3)4/h10,12-13H,8-9H2,1-7H3. The van der Waals surface area contributed by atoms with Crippen molar-refractivity contribution in [2.24, 2.45) is 11.8 Å². The number of ether oxygens (including phenoxy) is 2. The summed E-state index contributed by atoms with van der Waals surface area (Å²) in [5.74, 6) is -1.06. The molecule has 0 amide bonds. The van der Waals surface area contributed by atoms with Gasteiger partial charge in [0, 0.05) is 11.8 Å². The van der Waals surface area contributed by atoms with Gasteiger partial charge in [-0.1, -0.05) is 31.9 Å². The molecule has 2 unspecified atom stereocenters. The van der Waals surface area contributed by atoms with Gasteiger partial charge in [-0.3, -0.25) is 0 Å². The van der Waals surface area contributed by atoms with Crippen LogP contribution in [0.3, 0.4) is 0 Å². The van der Waals surface area contributed by atoms with E-state index in [0.717, 1.165) is 12.0 Å². The first kappa shape index (κ1) is 18.5. The van der Waals surface area contributed by atoms with E-state index in [-0.39, 0.29) is 17.9 Å². The van der Waals surface area contributed by atoms with Crippen LogP contribution in [0.4, 0.5) is 0 Å². The molecule has 2 atom stereocenters. The summed E-state index contributed by atoms with van der Waals surface area (Å²) in [6, 6.07) is 0. The van der Waals surface area contributed by atoms with E-state index in [1.165, 1.54) is 5.57 Å². The number of hydrogen-bond donors (Lipinski definition) is 0. The molecule has 0 saturated carbocycles. The molecule has 0 aromatic rings. The van der Waals surface area contributed by atoms with Gasteiger partial charge in [0.1, 0.15) is 0 Å². The van der Waals surface area contributed by atoms with Crippen molar-refractivity contribution in [3.63, 3.8) is 0 Å². The average Bonchev–Trinajstić information content (AvgIpc) is 2.42. The Morgan fingerprint density at radius 1 is 1.05 bits per heavy atom. The van der Waals surface area contributed by atoms with Crippen molar-refractivity contribution >= 4 is 11.9 Å². The van der Waals surface area contributed by atoms with Crippen LogP contribution in [0.2, 0.25) is 0 Å². The van der Waals surface area contributed by atoms with E-state index in [1.807, 2.05) is 20.8 Å². The summed E-state index contributed by atoms with van der Waals surface area (Å²) in [7, 11) is 0. The lowest BCUT2D eigenvalue weighted by molar-refractivity contribution is -0.145. The second-order valence-corrected chi connectivity index (χ2v) is 6.01. The van der Waals surface area contributed by atoms with Crippen LogP contribution in [0.15, 0.2) is 22.3 Å². The van der Waals surface area contributed by atoms with E-state index in [4.69, 9.17) is 9.47 Å². The van der Waals surface area contributed by atoms with Gasteiger partial charge in [-0.25, -0.2) is 9.59 Å². The molecule has 1 aliphatic rings. The molecule has 1 rings (SSSR count). The van der Waals surface area contributed by atoms with Crippen molar-refractivity contribution in [1.82, 2.24) is 0 Å². The van der Waals surface area contributed by atoms with E-state index < -0.39 is 11.9 Å². The minimum absolute atomic E-state index is 0.119. The maximum Gasteiger partial charge on any atom is 0.335 e. The summed E-state index contributed by atoms with van der Waals surface area (Å²) >= 11 is 0. The summed E-state index contributed by atoms with van der Waals surface area (Å²) in [4.78, 5) is 24.9. The fourth-order valence-electron chi connectivity index (χ4n) is 3.12. The Morgan fingerprint density at radius 3 is 2.05 bits per heavy atom. The summed E-state index contributed by atoms with van der Waals surface area (Å²) in [6.07, 6.45) is 0.634. The number of rotatable bonds is 5. The first-order valence-electron chi connectivity index (χ1n) is 8.07. The van der Waals surface area contributed by atoms with Gasteiger partial charge in [-0.05, 0) is 34.1 Å². The minimum Gasteiger partial charge on any atom is -0.463 e. The van der Waals surface area contributed by atoms with Crippen LogP contribution in [0, 0.1) is 11.8 Å². The monoisotopic (exact) mass is 308 g/mol. The van der Waals surface area contributed by atoms with Crippen LogP contribution in [0.1, 0.15) is 54.9 Å². The van der Waals surface area contributed by atoms with E-state index in [9.17, 15) is 9.59 Å². The van der Waals surface area contributed by atoms with E-state index in [1.54, 1.807) is 20.8 Å². The first-order chi connectivity index (χ1) is 10.3. The molecule has 0 aromatic heterocycles. The lowest BCUT2D eigenvalue weighted by Crippen LogP contribution is -2.31. The smallest absolute Gasteiger partial charge is 0.335 e. The van der Waals surface area contributed by atoms with Crippen molar-refractivity contribution in [1.29, 1.82) is 0 Å². The molecule has 4 heteroatoms. The van der Waals surface area contributed by atoms with E-state index in [0.29, 0.717) is 17.8 Å². The topological polar surface area (TPSA) is 52.6 Å². The Balaban J connectivity index is 3.40. The van der Waals surface area contributed by atoms with Crippen molar-refractivity contribution in [2.45, 2.75) is 61.0 Å². The predicted octanol–water partition coefficient (Wildman–Crippen LogP) is 3.81. The van der Waals surface area contributed by atoms with Crippen molar-refractivity contribution < 1.29 is 19.1 Å². The highest BCUT2D eigenvalue weighted by molar-refractivity contribution is 6.02. The number of carbonyl (C=O) groups excluding carboxylic acids is 2. The molecule has 22 heavy (non-hydrogen) atoms. The van der Waals surface area contributed by atoms with Crippen LogP contribution < -0.4 is 0 Å². The molecule has 0 radical (unpaired) electrons. The minimum atomic E-state index is -0.410. The quantitative estimate of drug-likeness (QED) is 0.572. The molecule has 0 heterocycles. The van der Waals surface area contributed by atoms with Gasteiger partial charge >= 0.3 is 11.9 Å². The Bertz CT molecular complexity index is 511. The van der Waals surface area contributed by atoms with Gasteiger partial charge < -0.3 is 9.47 Å². The number of esters is 2. The number of allylic oxidation sites excluding steroid dienone is 2. The van der Waals surface area contributed by atoms with Crippen LogP contribution in [-0.4, -0.2) is 24.6 Å². The average molecular weight is 308 g/mol. The second-order valence-electron chi connectivity index (χ2n) is 6.01. The molecule has 4 nitrogen and oxygen atoms in total. The molecule has 124 valence electrons. The lowest BCUT2D eigenvalue weighted by atomic mass is 9.73. The molecule has 0 bridgehead atoms. The zero-order chi connectivity index (χ0) is 17.0. The predicted molar refractivity (Wildman–Crippen MR) is 86.2 cm³/mol. The highest BCUT2D eigenvalue weighted by atomic mass is 16.5. The molecule has 0 aliphatic heterocycles. The molecule has 1 aliphatic carbocycles. The number of hydrogen-bond acceptors (Lipinski definition) is 4. The Hall–Kier alpha value is -1.58. The van der Waals surface area contributed by atoms with Crippen LogP contribution >= 0.6 is 0 Å². The first-order valence-corrected chi connectivity index (χ1v) is 8.07. The largest absolute Gasteiger partial charge is 0.463 e. The van der Waals surface area contributed by atoms with Crippen LogP contribution in [0.5, 0.6) is 0 Å². The number of carbonyl (C=O) groups is 2. The highest BCUT2D eigenvalue weighted by Crippen LogP contribution is 2.40. The van der Waals surface area contributed by atoms with E-state index >= 15 is 0 Å². The molecular weight excluding hydrogens is 280 g/mol. The molecule has 0 spiro atoms. The zero-order valence-corrected chi connectivity index (χ0v) is 14.8. The Kier molecular flexibility index (Phi) is 6.39.